The van der Waals surface area contributed by atoms with E-state index in [0.717, 1.165) is 64.2 Å². The molecule has 0 bridgehead atoms. The van der Waals surface area contributed by atoms with Gasteiger partial charge < -0.3 is 20.3 Å². The van der Waals surface area contributed by atoms with E-state index in [0.29, 0.717) is 19.4 Å². The second-order valence-corrected chi connectivity index (χ2v) is 20.0. The van der Waals surface area contributed by atoms with Crippen molar-refractivity contribution in [2.45, 2.75) is 321 Å². The minimum atomic E-state index is -0.853. The Morgan fingerprint density at radius 1 is 0.409 bits per heavy atom. The second kappa shape index (κ2) is 55.7. The molecule has 0 aromatic carbocycles. The zero-order chi connectivity index (χ0) is 47.9. The minimum absolute atomic E-state index is 0.00543. The summed E-state index contributed by atoms with van der Waals surface area (Å²) >= 11 is 0. The van der Waals surface area contributed by atoms with Gasteiger partial charge in [-0.1, -0.05) is 249 Å². The maximum absolute atomic E-state index is 12.4. The third-order valence-electron chi connectivity index (χ3n) is 13.4. The van der Waals surface area contributed by atoms with E-state index in [1.165, 1.54) is 218 Å². The van der Waals surface area contributed by atoms with E-state index < -0.39 is 12.1 Å². The van der Waals surface area contributed by atoms with Gasteiger partial charge in [0, 0.05) is 12.8 Å². The van der Waals surface area contributed by atoms with Crippen molar-refractivity contribution in [2.75, 3.05) is 13.2 Å². The number of nitrogens with one attached hydrogen (secondary N) is 1. The fourth-order valence-electron chi connectivity index (χ4n) is 8.86. The molecule has 0 aliphatic carbocycles. The molecule has 0 saturated carbocycles. The topological polar surface area (TPSA) is 95.9 Å². The summed E-state index contributed by atoms with van der Waals surface area (Å²) < 4.78 is 5.47. The number of hydrogen-bond donors (Lipinski definition) is 3. The molecule has 0 aromatic heterocycles. The van der Waals surface area contributed by atoms with Crippen LogP contribution in [0.3, 0.4) is 0 Å². The molecule has 0 saturated heterocycles. The molecule has 3 N–H and O–H groups in total. The van der Waals surface area contributed by atoms with Crippen LogP contribution in [0.5, 0.6) is 0 Å². The van der Waals surface area contributed by atoms with Crippen LogP contribution in [0, 0.1) is 0 Å². The highest BCUT2D eigenvalue weighted by molar-refractivity contribution is 5.76. The fourth-order valence-corrected chi connectivity index (χ4v) is 8.86. The van der Waals surface area contributed by atoms with Crippen molar-refractivity contribution in [1.29, 1.82) is 0 Å². The first-order valence-electron chi connectivity index (χ1n) is 29.3. The van der Waals surface area contributed by atoms with Gasteiger partial charge in [-0.3, -0.25) is 9.59 Å². The van der Waals surface area contributed by atoms with Crippen molar-refractivity contribution < 1.29 is 24.5 Å². The maximum atomic E-state index is 12.4. The van der Waals surface area contributed by atoms with Crippen molar-refractivity contribution >= 4 is 11.9 Å². The summed E-state index contributed by atoms with van der Waals surface area (Å²) in [6, 6.07) is -0.638. The van der Waals surface area contributed by atoms with E-state index >= 15 is 0 Å². The molecule has 388 valence electrons. The summed E-state index contributed by atoms with van der Waals surface area (Å²) in [6.07, 6.45) is 68.8. The first-order valence-corrected chi connectivity index (χ1v) is 29.3. The third-order valence-corrected chi connectivity index (χ3v) is 13.4. The van der Waals surface area contributed by atoms with Crippen LogP contribution in [0.1, 0.15) is 309 Å². The van der Waals surface area contributed by atoms with E-state index in [4.69, 9.17) is 4.74 Å². The van der Waals surface area contributed by atoms with Crippen LogP contribution in [-0.2, 0) is 14.3 Å². The molecule has 0 spiro atoms. The van der Waals surface area contributed by atoms with Crippen molar-refractivity contribution in [1.82, 2.24) is 5.32 Å². The van der Waals surface area contributed by atoms with Gasteiger partial charge in [0.25, 0.3) is 0 Å². The highest BCUT2D eigenvalue weighted by Gasteiger charge is 2.18. The number of unbranched alkanes of at least 4 members (excludes halogenated alkanes) is 39. The Bertz CT molecular complexity index is 1070. The molecule has 1 amide bonds. The molecular weight excluding hydrogens is 815 g/mol. The normalized spacial score (nSPS) is 12.8. The average molecular weight is 929 g/mol. The summed E-state index contributed by atoms with van der Waals surface area (Å²) in [4.78, 5) is 24.5. The van der Waals surface area contributed by atoms with Gasteiger partial charge in [0.2, 0.25) is 5.91 Å². The number of carbonyl (C=O) groups excluding carboxylic acids is 2. The Kier molecular flexibility index (Phi) is 54.1. The average Bonchev–Trinajstić information content (AvgIpc) is 3.32. The summed E-state index contributed by atoms with van der Waals surface area (Å²) in [5.74, 6) is -0.0874. The number of ether oxygens (including phenoxy) is 1. The van der Waals surface area contributed by atoms with E-state index in [1.54, 1.807) is 6.08 Å². The lowest BCUT2D eigenvalue weighted by Crippen LogP contribution is -2.45. The molecule has 0 aromatic rings. The van der Waals surface area contributed by atoms with Crippen molar-refractivity contribution in [3.8, 4) is 0 Å². The molecular formula is C60H113NO5. The number of allylic oxidation sites excluding steroid dienone is 5. The number of hydrogen-bond acceptors (Lipinski definition) is 5. The molecule has 0 fully saturated rings. The van der Waals surface area contributed by atoms with Gasteiger partial charge in [-0.05, 0) is 83.5 Å². The largest absolute Gasteiger partial charge is 0.466 e. The van der Waals surface area contributed by atoms with Gasteiger partial charge in [-0.25, -0.2) is 0 Å². The van der Waals surface area contributed by atoms with Gasteiger partial charge in [-0.15, -0.1) is 0 Å². The number of esters is 1. The summed E-state index contributed by atoms with van der Waals surface area (Å²) in [5.41, 5.74) is 0. The lowest BCUT2D eigenvalue weighted by molar-refractivity contribution is -0.143. The highest BCUT2D eigenvalue weighted by atomic mass is 16.5. The molecule has 0 radical (unpaired) electrons. The van der Waals surface area contributed by atoms with Crippen molar-refractivity contribution in [2.24, 2.45) is 0 Å². The van der Waals surface area contributed by atoms with Crippen molar-refractivity contribution in [3.63, 3.8) is 0 Å². The summed E-state index contributed by atoms with van der Waals surface area (Å²) in [6.45, 7) is 4.89. The van der Waals surface area contributed by atoms with Crippen LogP contribution < -0.4 is 5.32 Å². The molecule has 0 heterocycles. The highest BCUT2D eigenvalue weighted by Crippen LogP contribution is 2.16. The van der Waals surface area contributed by atoms with Gasteiger partial charge in [0.05, 0.1) is 25.4 Å². The summed E-state index contributed by atoms with van der Waals surface area (Å²) in [5, 5.41) is 23.1. The first kappa shape index (κ1) is 64.1. The van der Waals surface area contributed by atoms with Gasteiger partial charge >= 0.3 is 5.97 Å². The second-order valence-electron chi connectivity index (χ2n) is 20.0. The fraction of sp³-hybridized carbons (Fsp3) is 0.867. The Labute approximate surface area is 411 Å². The van der Waals surface area contributed by atoms with E-state index in [-0.39, 0.29) is 18.5 Å². The quantitative estimate of drug-likeness (QED) is 0.0321. The maximum Gasteiger partial charge on any atom is 0.305 e. The van der Waals surface area contributed by atoms with Crippen LogP contribution in [-0.4, -0.2) is 47.4 Å². The molecule has 2 unspecified atom stereocenters. The minimum Gasteiger partial charge on any atom is -0.466 e. The van der Waals surface area contributed by atoms with Crippen LogP contribution in [0.25, 0.3) is 0 Å². The van der Waals surface area contributed by atoms with Gasteiger partial charge in [0.1, 0.15) is 0 Å². The molecule has 2 atom stereocenters. The molecule has 66 heavy (non-hydrogen) atoms. The molecule has 6 nitrogen and oxygen atoms in total. The van der Waals surface area contributed by atoms with E-state index in [1.807, 2.05) is 6.08 Å². The Morgan fingerprint density at radius 3 is 1.08 bits per heavy atom. The number of aliphatic hydroxyl groups excluding tert-OH is 2. The van der Waals surface area contributed by atoms with Crippen molar-refractivity contribution in [3.05, 3.63) is 36.5 Å². The Hall–Kier alpha value is -1.92. The number of amides is 1. The zero-order valence-electron chi connectivity index (χ0n) is 44.2. The van der Waals surface area contributed by atoms with Crippen LogP contribution >= 0.6 is 0 Å². The smallest absolute Gasteiger partial charge is 0.305 e. The van der Waals surface area contributed by atoms with Crippen LogP contribution in [0.2, 0.25) is 0 Å². The molecule has 6 heteroatoms. The predicted octanol–water partition coefficient (Wildman–Crippen LogP) is 18.0. The standard InChI is InChI=1S/C60H113NO5/c1-3-5-7-9-11-13-15-17-19-26-30-34-38-42-46-50-54-60(65)66-55-51-47-43-39-35-31-27-23-21-20-22-25-29-33-37-41-45-49-53-59(64)61-57(56-62)58(63)52-48-44-40-36-32-28-24-18-16-14-12-10-8-6-4-2/h19,22,25-26,48,52,57-58,62-63H,3-18,20-21,23-24,27-47,49-51,53-56H2,1-2H3,(H,61,64)/b25-22-,26-19-,52-48+. The summed E-state index contributed by atoms with van der Waals surface area (Å²) in [7, 11) is 0. The number of carbonyl (C=O) groups is 2. The molecule has 0 rings (SSSR count). The van der Waals surface area contributed by atoms with E-state index in [9.17, 15) is 19.8 Å². The Morgan fingerprint density at radius 2 is 0.712 bits per heavy atom. The molecule has 0 aliphatic rings. The SMILES string of the molecule is CCCCCCCCC/C=C\CCCCCCCC(=O)OCCCCCCCCCCC/C=C\CCCCCCCC(=O)NC(CO)C(O)/C=C/CCCCCCCCCCCCCCC. The van der Waals surface area contributed by atoms with Gasteiger partial charge in [-0.2, -0.15) is 0 Å². The van der Waals surface area contributed by atoms with Crippen LogP contribution in [0.15, 0.2) is 36.5 Å². The monoisotopic (exact) mass is 928 g/mol. The lowest BCUT2D eigenvalue weighted by Gasteiger charge is -2.20. The number of aliphatic hydroxyl groups is 2. The zero-order valence-corrected chi connectivity index (χ0v) is 44.2. The predicted molar refractivity (Wildman–Crippen MR) is 287 cm³/mol. The van der Waals surface area contributed by atoms with Crippen LogP contribution in [0.4, 0.5) is 0 Å². The molecule has 0 aliphatic heterocycles. The third kappa shape index (κ3) is 51.5. The number of rotatable bonds is 54. The van der Waals surface area contributed by atoms with E-state index in [2.05, 4.69) is 43.5 Å². The first-order chi connectivity index (χ1) is 32.5. The Balaban J connectivity index is 3.47. The van der Waals surface area contributed by atoms with Gasteiger partial charge in [0.15, 0.2) is 0 Å². The lowest BCUT2D eigenvalue weighted by atomic mass is 10.0.